The molecule has 1 nitrogen and oxygen atoms in total. The van der Waals surface area contributed by atoms with E-state index in [-0.39, 0.29) is 0 Å². The second kappa shape index (κ2) is 3.38. The Bertz CT molecular complexity index is 101. The van der Waals surface area contributed by atoms with Gasteiger partial charge in [0.05, 0.1) is 0 Å². The first-order valence-electron chi connectivity index (χ1n) is 4.48. The Labute approximate surface area is 64.4 Å². The maximum absolute atomic E-state index is 2.57. The minimum absolute atomic E-state index is 0.828. The fraction of sp³-hybridized carbons (Fsp3) is 1.00. The fourth-order valence-corrected chi connectivity index (χ4v) is 1.93. The van der Waals surface area contributed by atoms with Gasteiger partial charge >= 0.3 is 0 Å². The first kappa shape index (κ1) is 8.06. The topological polar surface area (TPSA) is 3.24 Å². The molecular weight excluding hydrogens is 122 g/mol. The molecule has 0 aromatic carbocycles. The summed E-state index contributed by atoms with van der Waals surface area (Å²) in [4.78, 5) is 2.57. The molecule has 0 aromatic heterocycles. The normalized spacial score (nSPS) is 36.3. The van der Waals surface area contributed by atoms with Crippen LogP contribution >= 0.6 is 0 Å². The summed E-state index contributed by atoms with van der Waals surface area (Å²) < 4.78 is 0. The highest BCUT2D eigenvalue weighted by Crippen LogP contribution is 2.21. The molecule has 60 valence electrons. The molecule has 0 radical (unpaired) electrons. The van der Waals surface area contributed by atoms with Gasteiger partial charge in [-0.3, -0.25) is 0 Å². The van der Waals surface area contributed by atoms with Crippen LogP contribution < -0.4 is 0 Å². The zero-order valence-corrected chi connectivity index (χ0v) is 7.43. The Hall–Kier alpha value is -0.0400. The van der Waals surface area contributed by atoms with Crippen molar-refractivity contribution in [2.45, 2.75) is 39.7 Å². The molecular formula is C9H19N. The third-order valence-electron chi connectivity index (χ3n) is 2.68. The van der Waals surface area contributed by atoms with E-state index in [0.29, 0.717) is 0 Å². The molecule has 2 atom stereocenters. The maximum atomic E-state index is 2.57. The highest BCUT2D eigenvalue weighted by Gasteiger charge is 2.20. The first-order chi connectivity index (χ1) is 4.74. The van der Waals surface area contributed by atoms with E-state index >= 15 is 0 Å². The number of likely N-dealkylation sites (tertiary alicyclic amines) is 1. The van der Waals surface area contributed by atoms with Crippen molar-refractivity contribution in [3.05, 3.63) is 0 Å². The van der Waals surface area contributed by atoms with Crippen molar-refractivity contribution in [2.24, 2.45) is 5.92 Å². The lowest BCUT2D eigenvalue weighted by molar-refractivity contribution is 0.136. The largest absolute Gasteiger partial charge is 0.301 e. The van der Waals surface area contributed by atoms with Gasteiger partial charge in [0, 0.05) is 6.04 Å². The molecule has 0 N–H and O–H groups in total. The smallest absolute Gasteiger partial charge is 0.00693 e. The van der Waals surface area contributed by atoms with Crippen molar-refractivity contribution in [1.29, 1.82) is 0 Å². The first-order valence-corrected chi connectivity index (χ1v) is 4.48. The van der Waals surface area contributed by atoms with Crippen molar-refractivity contribution >= 4 is 0 Å². The number of rotatable bonds is 1. The van der Waals surface area contributed by atoms with Crippen LogP contribution in [0.3, 0.4) is 0 Å². The third kappa shape index (κ3) is 1.72. The summed E-state index contributed by atoms with van der Waals surface area (Å²) in [6.07, 6.45) is 2.80. The van der Waals surface area contributed by atoms with Gasteiger partial charge in [-0.25, -0.2) is 0 Å². The van der Waals surface area contributed by atoms with Crippen molar-refractivity contribution in [2.75, 3.05) is 13.1 Å². The Morgan fingerprint density at radius 1 is 1.40 bits per heavy atom. The van der Waals surface area contributed by atoms with Gasteiger partial charge in [0.15, 0.2) is 0 Å². The van der Waals surface area contributed by atoms with Gasteiger partial charge < -0.3 is 4.90 Å². The van der Waals surface area contributed by atoms with Crippen molar-refractivity contribution in [3.63, 3.8) is 0 Å². The molecule has 0 amide bonds. The second-order valence-electron chi connectivity index (χ2n) is 3.61. The van der Waals surface area contributed by atoms with E-state index in [9.17, 15) is 0 Å². The molecule has 0 spiro atoms. The summed E-state index contributed by atoms with van der Waals surface area (Å²) in [5, 5.41) is 0. The van der Waals surface area contributed by atoms with Crippen LogP contribution in [0.15, 0.2) is 0 Å². The SMILES string of the molecule is CCN1CCC(C)CC1C. The van der Waals surface area contributed by atoms with Gasteiger partial charge in [-0.1, -0.05) is 13.8 Å². The highest BCUT2D eigenvalue weighted by molar-refractivity contribution is 4.75. The van der Waals surface area contributed by atoms with Gasteiger partial charge in [0.25, 0.3) is 0 Å². The predicted molar refractivity (Wildman–Crippen MR) is 45.1 cm³/mol. The Morgan fingerprint density at radius 2 is 2.10 bits per heavy atom. The number of hydrogen-bond donors (Lipinski definition) is 0. The zero-order chi connectivity index (χ0) is 7.56. The van der Waals surface area contributed by atoms with Crippen LogP contribution in [-0.2, 0) is 0 Å². The summed E-state index contributed by atoms with van der Waals surface area (Å²) in [5.74, 6) is 0.956. The lowest BCUT2D eigenvalue weighted by Gasteiger charge is -2.35. The lowest BCUT2D eigenvalue weighted by Crippen LogP contribution is -2.39. The van der Waals surface area contributed by atoms with Gasteiger partial charge in [0.2, 0.25) is 0 Å². The molecule has 1 heteroatoms. The average Bonchev–Trinajstić information content (AvgIpc) is 1.88. The molecule has 1 rings (SSSR count). The quantitative estimate of drug-likeness (QED) is 0.540. The van der Waals surface area contributed by atoms with Crippen LogP contribution in [0, 0.1) is 5.92 Å². The van der Waals surface area contributed by atoms with E-state index in [1.807, 2.05) is 0 Å². The molecule has 1 fully saturated rings. The van der Waals surface area contributed by atoms with Crippen LogP contribution in [0.5, 0.6) is 0 Å². The summed E-state index contributed by atoms with van der Waals surface area (Å²) in [6, 6.07) is 0.828. The molecule has 0 saturated carbocycles. The molecule has 0 aromatic rings. The summed E-state index contributed by atoms with van der Waals surface area (Å²) >= 11 is 0. The van der Waals surface area contributed by atoms with E-state index in [0.717, 1.165) is 12.0 Å². The third-order valence-corrected chi connectivity index (χ3v) is 2.68. The van der Waals surface area contributed by atoms with E-state index in [2.05, 4.69) is 25.7 Å². The highest BCUT2D eigenvalue weighted by atomic mass is 15.1. The molecule has 1 saturated heterocycles. The monoisotopic (exact) mass is 141 g/mol. The van der Waals surface area contributed by atoms with Crippen LogP contribution in [0.4, 0.5) is 0 Å². The van der Waals surface area contributed by atoms with Gasteiger partial charge in [0.1, 0.15) is 0 Å². The molecule has 1 aliphatic heterocycles. The van der Waals surface area contributed by atoms with Crippen molar-refractivity contribution < 1.29 is 0 Å². The molecule has 10 heavy (non-hydrogen) atoms. The molecule has 1 heterocycles. The Morgan fingerprint density at radius 3 is 2.60 bits per heavy atom. The van der Waals surface area contributed by atoms with E-state index < -0.39 is 0 Å². The summed E-state index contributed by atoms with van der Waals surface area (Å²) in [5.41, 5.74) is 0. The maximum Gasteiger partial charge on any atom is 0.00693 e. The van der Waals surface area contributed by atoms with E-state index in [1.165, 1.54) is 25.9 Å². The van der Waals surface area contributed by atoms with Crippen LogP contribution in [-0.4, -0.2) is 24.0 Å². The van der Waals surface area contributed by atoms with Crippen molar-refractivity contribution in [3.8, 4) is 0 Å². The zero-order valence-electron chi connectivity index (χ0n) is 7.43. The summed E-state index contributed by atoms with van der Waals surface area (Å²) in [7, 11) is 0. The second-order valence-corrected chi connectivity index (χ2v) is 3.61. The number of hydrogen-bond acceptors (Lipinski definition) is 1. The van der Waals surface area contributed by atoms with Gasteiger partial charge in [-0.2, -0.15) is 0 Å². The van der Waals surface area contributed by atoms with Gasteiger partial charge in [-0.05, 0) is 38.8 Å². The molecule has 0 bridgehead atoms. The van der Waals surface area contributed by atoms with Crippen molar-refractivity contribution in [1.82, 2.24) is 4.90 Å². The number of nitrogens with zero attached hydrogens (tertiary/aromatic N) is 1. The summed E-state index contributed by atoms with van der Waals surface area (Å²) in [6.45, 7) is 9.52. The standard InChI is InChI=1S/C9H19N/c1-4-10-6-5-8(2)7-9(10)3/h8-9H,4-7H2,1-3H3. The minimum Gasteiger partial charge on any atom is -0.301 e. The van der Waals surface area contributed by atoms with Crippen LogP contribution in [0.1, 0.15) is 33.6 Å². The molecule has 1 aliphatic rings. The van der Waals surface area contributed by atoms with E-state index in [4.69, 9.17) is 0 Å². The number of piperidine rings is 1. The van der Waals surface area contributed by atoms with Crippen LogP contribution in [0.2, 0.25) is 0 Å². The van der Waals surface area contributed by atoms with E-state index in [1.54, 1.807) is 0 Å². The average molecular weight is 141 g/mol. The Balaban J connectivity index is 2.36. The van der Waals surface area contributed by atoms with Gasteiger partial charge in [-0.15, -0.1) is 0 Å². The lowest BCUT2D eigenvalue weighted by atomic mass is 9.93. The molecule has 2 unspecified atom stereocenters. The fourth-order valence-electron chi connectivity index (χ4n) is 1.93. The predicted octanol–water partition coefficient (Wildman–Crippen LogP) is 2.13. The molecule has 0 aliphatic carbocycles. The minimum atomic E-state index is 0.828. The van der Waals surface area contributed by atoms with Crippen LogP contribution in [0.25, 0.3) is 0 Å². The Kier molecular flexibility index (Phi) is 2.72.